The molecule has 13 heavy (non-hydrogen) atoms. The Kier molecular flexibility index (Phi) is 3.66. The first-order valence-electron chi connectivity index (χ1n) is 4.56. The van der Waals surface area contributed by atoms with E-state index in [-0.39, 0.29) is 12.3 Å². The van der Waals surface area contributed by atoms with E-state index in [0.717, 1.165) is 0 Å². The van der Waals surface area contributed by atoms with Crippen LogP contribution in [0, 0.1) is 11.8 Å². The first-order chi connectivity index (χ1) is 6.11. The molecule has 0 aromatic rings. The van der Waals surface area contributed by atoms with Crippen LogP contribution in [0.1, 0.15) is 19.8 Å². The van der Waals surface area contributed by atoms with Gasteiger partial charge >= 0.3 is 5.97 Å². The van der Waals surface area contributed by atoms with Gasteiger partial charge in [0.2, 0.25) is 0 Å². The molecule has 1 rings (SSSR count). The predicted octanol–water partition coefficient (Wildman–Crippen LogP) is 1.47. The van der Waals surface area contributed by atoms with E-state index in [1.54, 1.807) is 0 Å². The third kappa shape index (κ3) is 2.95. The molecule has 0 aliphatic carbocycles. The minimum Gasteiger partial charge on any atom is -0.481 e. The van der Waals surface area contributed by atoms with E-state index in [0.29, 0.717) is 19.6 Å². The normalized spacial score (nSPS) is 31.2. The van der Waals surface area contributed by atoms with Gasteiger partial charge in [0.15, 0.2) is 0 Å². The van der Waals surface area contributed by atoms with E-state index in [9.17, 15) is 9.18 Å². The lowest BCUT2D eigenvalue weighted by Crippen LogP contribution is -2.34. The van der Waals surface area contributed by atoms with E-state index < -0.39 is 18.1 Å². The number of carboxylic acid groups (broad SMARTS) is 1. The zero-order valence-corrected chi connectivity index (χ0v) is 7.70. The molecule has 1 fully saturated rings. The summed E-state index contributed by atoms with van der Waals surface area (Å²) in [6.07, 6.45) is -0.155. The van der Waals surface area contributed by atoms with Crippen molar-refractivity contribution in [3.63, 3.8) is 0 Å². The highest BCUT2D eigenvalue weighted by molar-refractivity contribution is 5.70. The van der Waals surface area contributed by atoms with Gasteiger partial charge in [-0.25, -0.2) is 4.39 Å². The molecule has 1 heterocycles. The summed E-state index contributed by atoms with van der Waals surface area (Å²) in [5.41, 5.74) is 0. The molecule has 3 unspecified atom stereocenters. The second-order valence-electron chi connectivity index (χ2n) is 3.58. The molecule has 1 aliphatic rings. The van der Waals surface area contributed by atoms with Gasteiger partial charge in [0.05, 0.1) is 18.7 Å². The number of hydrogen-bond donors (Lipinski definition) is 1. The van der Waals surface area contributed by atoms with Crippen molar-refractivity contribution < 1.29 is 19.0 Å². The number of carboxylic acids is 1. The lowest BCUT2D eigenvalue weighted by Gasteiger charge is -2.28. The second-order valence-corrected chi connectivity index (χ2v) is 3.58. The Hall–Kier alpha value is -0.640. The molecule has 0 saturated carbocycles. The van der Waals surface area contributed by atoms with Crippen LogP contribution in [0.5, 0.6) is 0 Å². The van der Waals surface area contributed by atoms with Crippen molar-refractivity contribution >= 4 is 5.97 Å². The zero-order valence-electron chi connectivity index (χ0n) is 7.70. The van der Waals surface area contributed by atoms with Crippen LogP contribution in [0.15, 0.2) is 0 Å². The van der Waals surface area contributed by atoms with Gasteiger partial charge in [-0.15, -0.1) is 0 Å². The van der Waals surface area contributed by atoms with Crippen molar-refractivity contribution in [3.05, 3.63) is 0 Å². The molecule has 0 bridgehead atoms. The minimum atomic E-state index is -0.950. The Balaban J connectivity index is 2.51. The zero-order chi connectivity index (χ0) is 9.84. The molecule has 76 valence electrons. The molecule has 3 nitrogen and oxygen atoms in total. The van der Waals surface area contributed by atoms with Gasteiger partial charge in [-0.05, 0) is 25.7 Å². The van der Waals surface area contributed by atoms with Crippen molar-refractivity contribution in [2.75, 3.05) is 13.2 Å². The third-order valence-corrected chi connectivity index (χ3v) is 2.42. The summed E-state index contributed by atoms with van der Waals surface area (Å²) in [6.45, 7) is 2.31. The lowest BCUT2D eigenvalue weighted by molar-refractivity contribution is -0.148. The number of alkyl halides is 1. The number of ether oxygens (including phenoxy) is 1. The number of aliphatic carboxylic acids is 1. The van der Waals surface area contributed by atoms with Gasteiger partial charge in [0.1, 0.15) is 0 Å². The first kappa shape index (κ1) is 10.4. The maximum Gasteiger partial charge on any atom is 0.306 e. The molecule has 0 amide bonds. The Morgan fingerprint density at radius 1 is 1.77 bits per heavy atom. The molecule has 0 radical (unpaired) electrons. The minimum absolute atomic E-state index is 0.161. The van der Waals surface area contributed by atoms with Crippen LogP contribution in [-0.2, 0) is 9.53 Å². The molecule has 0 spiro atoms. The highest BCUT2D eigenvalue weighted by Crippen LogP contribution is 2.26. The largest absolute Gasteiger partial charge is 0.481 e. The monoisotopic (exact) mass is 190 g/mol. The summed E-state index contributed by atoms with van der Waals surface area (Å²) in [5, 5.41) is 8.84. The number of carbonyl (C=O) groups is 1. The van der Waals surface area contributed by atoms with Gasteiger partial charge in [-0.1, -0.05) is 0 Å². The molecule has 3 atom stereocenters. The summed E-state index contributed by atoms with van der Waals surface area (Å²) in [4.78, 5) is 10.8. The molecular formula is C9H15FO3. The van der Waals surface area contributed by atoms with Crippen molar-refractivity contribution in [2.24, 2.45) is 11.8 Å². The Bertz CT molecular complexity index is 182. The first-order valence-corrected chi connectivity index (χ1v) is 4.56. The van der Waals surface area contributed by atoms with Crippen LogP contribution in [0.25, 0.3) is 0 Å². The highest BCUT2D eigenvalue weighted by atomic mass is 19.1. The van der Waals surface area contributed by atoms with Gasteiger partial charge < -0.3 is 9.84 Å². The maximum absolute atomic E-state index is 12.7. The fourth-order valence-electron chi connectivity index (χ4n) is 1.77. The maximum atomic E-state index is 12.7. The molecular weight excluding hydrogens is 175 g/mol. The van der Waals surface area contributed by atoms with Crippen LogP contribution in [0.2, 0.25) is 0 Å². The quantitative estimate of drug-likeness (QED) is 0.733. The average molecular weight is 190 g/mol. The van der Waals surface area contributed by atoms with Crippen LogP contribution in [0.4, 0.5) is 4.39 Å². The summed E-state index contributed by atoms with van der Waals surface area (Å²) >= 11 is 0. The summed E-state index contributed by atoms with van der Waals surface area (Å²) in [5.74, 6) is -1.41. The van der Waals surface area contributed by atoms with Gasteiger partial charge in [0.25, 0.3) is 0 Å². The van der Waals surface area contributed by atoms with E-state index in [4.69, 9.17) is 9.84 Å². The third-order valence-electron chi connectivity index (χ3n) is 2.42. The summed E-state index contributed by atoms with van der Waals surface area (Å²) < 4.78 is 17.8. The molecule has 1 N–H and O–H groups in total. The standard InChI is InChI=1S/C9H15FO3/c1-6(10)4-7-5-13-3-2-8(7)9(11)12/h6-8H,2-5H2,1H3,(H,11,12). The topological polar surface area (TPSA) is 46.5 Å². The van der Waals surface area contributed by atoms with Gasteiger partial charge in [0, 0.05) is 6.61 Å². The van der Waals surface area contributed by atoms with Crippen LogP contribution in [-0.4, -0.2) is 30.5 Å². The Labute approximate surface area is 76.9 Å². The van der Waals surface area contributed by atoms with E-state index in [1.807, 2.05) is 0 Å². The molecule has 0 aromatic heterocycles. The van der Waals surface area contributed by atoms with Crippen LogP contribution < -0.4 is 0 Å². The number of hydrogen-bond acceptors (Lipinski definition) is 2. The van der Waals surface area contributed by atoms with Crippen molar-refractivity contribution in [3.8, 4) is 0 Å². The lowest BCUT2D eigenvalue weighted by atomic mass is 9.85. The Morgan fingerprint density at radius 2 is 2.46 bits per heavy atom. The van der Waals surface area contributed by atoms with Crippen molar-refractivity contribution in [2.45, 2.75) is 25.9 Å². The van der Waals surface area contributed by atoms with Crippen LogP contribution in [0.3, 0.4) is 0 Å². The second kappa shape index (κ2) is 4.56. The molecule has 4 heteroatoms. The van der Waals surface area contributed by atoms with Gasteiger partial charge in [-0.2, -0.15) is 0 Å². The van der Waals surface area contributed by atoms with Crippen LogP contribution >= 0.6 is 0 Å². The molecule has 1 aliphatic heterocycles. The smallest absolute Gasteiger partial charge is 0.306 e. The molecule has 0 aromatic carbocycles. The predicted molar refractivity (Wildman–Crippen MR) is 45.2 cm³/mol. The fourth-order valence-corrected chi connectivity index (χ4v) is 1.77. The highest BCUT2D eigenvalue weighted by Gasteiger charge is 2.32. The van der Waals surface area contributed by atoms with Crippen molar-refractivity contribution in [1.82, 2.24) is 0 Å². The van der Waals surface area contributed by atoms with E-state index >= 15 is 0 Å². The SMILES string of the molecule is CC(F)CC1COCCC1C(=O)O. The summed E-state index contributed by atoms with van der Waals surface area (Å²) in [6, 6.07) is 0. The van der Waals surface area contributed by atoms with E-state index in [1.165, 1.54) is 6.92 Å². The summed E-state index contributed by atoms with van der Waals surface area (Å²) in [7, 11) is 0. The number of rotatable bonds is 3. The van der Waals surface area contributed by atoms with Gasteiger partial charge in [-0.3, -0.25) is 4.79 Å². The van der Waals surface area contributed by atoms with Crippen molar-refractivity contribution in [1.29, 1.82) is 0 Å². The fraction of sp³-hybridized carbons (Fsp3) is 0.889. The van der Waals surface area contributed by atoms with E-state index in [2.05, 4.69) is 0 Å². The average Bonchev–Trinajstić information content (AvgIpc) is 2.03. The number of halogens is 1. The molecule has 1 saturated heterocycles. The Morgan fingerprint density at radius 3 is 3.00 bits per heavy atom.